The summed E-state index contributed by atoms with van der Waals surface area (Å²) in [4.78, 5) is 23.8. The number of anilines is 1. The Labute approximate surface area is 133 Å². The maximum absolute atomic E-state index is 12.0. The van der Waals surface area contributed by atoms with E-state index in [1.807, 2.05) is 45.0 Å². The highest BCUT2D eigenvalue weighted by Gasteiger charge is 2.22. The average molecular weight is 305 g/mol. The minimum Gasteiger partial charge on any atom is -0.453 e. The summed E-state index contributed by atoms with van der Waals surface area (Å²) >= 11 is 0. The molecule has 0 saturated carbocycles. The van der Waals surface area contributed by atoms with Crippen molar-refractivity contribution < 1.29 is 14.3 Å². The van der Waals surface area contributed by atoms with Gasteiger partial charge in [0.05, 0.1) is 6.42 Å². The number of carbonyl (C=O) groups excluding carboxylic acids is 2. The number of benzene rings is 1. The summed E-state index contributed by atoms with van der Waals surface area (Å²) in [6.45, 7) is 11.7. The standard InChI is InChI=1S/C18H27NO3/c1-12(2)14-7-9-15(10-8-14)19-17(21)13(3)22-16(20)11-18(4,5)6/h7-10,12-13H,11H2,1-6H3,(H,19,21)/t13-/m1/s1. The van der Waals surface area contributed by atoms with Crippen molar-refractivity contribution in [1.82, 2.24) is 0 Å². The molecule has 122 valence electrons. The fourth-order valence-corrected chi connectivity index (χ4v) is 1.92. The maximum atomic E-state index is 12.0. The monoisotopic (exact) mass is 305 g/mol. The predicted molar refractivity (Wildman–Crippen MR) is 88.8 cm³/mol. The molecule has 1 rings (SSSR count). The number of nitrogens with one attached hydrogen (secondary N) is 1. The average Bonchev–Trinajstić information content (AvgIpc) is 2.36. The lowest BCUT2D eigenvalue weighted by atomic mass is 9.92. The molecule has 4 heteroatoms. The summed E-state index contributed by atoms with van der Waals surface area (Å²) in [5.74, 6) is -0.230. The van der Waals surface area contributed by atoms with E-state index < -0.39 is 6.10 Å². The van der Waals surface area contributed by atoms with Crippen LogP contribution in [0.25, 0.3) is 0 Å². The molecule has 0 aliphatic carbocycles. The van der Waals surface area contributed by atoms with Crippen LogP contribution in [-0.2, 0) is 14.3 Å². The zero-order valence-electron chi connectivity index (χ0n) is 14.4. The Morgan fingerprint density at radius 1 is 1.09 bits per heavy atom. The third kappa shape index (κ3) is 6.29. The smallest absolute Gasteiger partial charge is 0.307 e. The quantitative estimate of drug-likeness (QED) is 0.833. The lowest BCUT2D eigenvalue weighted by molar-refractivity contribution is -0.154. The highest BCUT2D eigenvalue weighted by Crippen LogP contribution is 2.20. The van der Waals surface area contributed by atoms with Crippen molar-refractivity contribution in [3.05, 3.63) is 29.8 Å². The van der Waals surface area contributed by atoms with Gasteiger partial charge in [-0.15, -0.1) is 0 Å². The molecule has 0 aromatic heterocycles. The SMILES string of the molecule is CC(C)c1ccc(NC(=O)[C@@H](C)OC(=O)CC(C)(C)C)cc1. The van der Waals surface area contributed by atoms with Crippen molar-refractivity contribution in [3.63, 3.8) is 0 Å². The van der Waals surface area contributed by atoms with E-state index in [0.717, 1.165) is 0 Å². The summed E-state index contributed by atoms with van der Waals surface area (Å²) < 4.78 is 5.17. The Kier molecular flexibility index (Phi) is 6.15. The minimum absolute atomic E-state index is 0.153. The first-order valence-corrected chi connectivity index (χ1v) is 7.69. The molecule has 1 amide bonds. The summed E-state index contributed by atoms with van der Waals surface area (Å²) in [5, 5.41) is 2.76. The third-order valence-corrected chi connectivity index (χ3v) is 3.20. The van der Waals surface area contributed by atoms with E-state index in [9.17, 15) is 9.59 Å². The number of amides is 1. The second-order valence-electron chi connectivity index (χ2n) is 7.14. The molecule has 0 spiro atoms. The van der Waals surface area contributed by atoms with Gasteiger partial charge in [0.2, 0.25) is 0 Å². The lowest BCUT2D eigenvalue weighted by Crippen LogP contribution is -2.31. The Bertz CT molecular complexity index is 512. The first-order chi connectivity index (χ1) is 10.1. The van der Waals surface area contributed by atoms with E-state index in [1.54, 1.807) is 6.92 Å². The molecule has 0 heterocycles. The van der Waals surface area contributed by atoms with Crippen LogP contribution in [0.4, 0.5) is 5.69 Å². The fraction of sp³-hybridized carbons (Fsp3) is 0.556. The van der Waals surface area contributed by atoms with Crippen LogP contribution >= 0.6 is 0 Å². The van der Waals surface area contributed by atoms with Gasteiger partial charge in [-0.2, -0.15) is 0 Å². The van der Waals surface area contributed by atoms with Crippen molar-refractivity contribution in [2.24, 2.45) is 5.41 Å². The van der Waals surface area contributed by atoms with Crippen molar-refractivity contribution in [3.8, 4) is 0 Å². The largest absolute Gasteiger partial charge is 0.453 e. The second kappa shape index (κ2) is 7.43. The van der Waals surface area contributed by atoms with Gasteiger partial charge >= 0.3 is 5.97 Å². The number of carbonyl (C=O) groups is 2. The summed E-state index contributed by atoms with van der Waals surface area (Å²) in [6.07, 6.45) is -0.520. The number of hydrogen-bond acceptors (Lipinski definition) is 3. The van der Waals surface area contributed by atoms with Crippen molar-refractivity contribution in [1.29, 1.82) is 0 Å². The molecule has 1 aromatic rings. The topological polar surface area (TPSA) is 55.4 Å². The Balaban J connectivity index is 2.55. The van der Waals surface area contributed by atoms with Crippen LogP contribution in [-0.4, -0.2) is 18.0 Å². The van der Waals surface area contributed by atoms with Crippen LogP contribution in [0.15, 0.2) is 24.3 Å². The summed E-state index contributed by atoms with van der Waals surface area (Å²) in [6, 6.07) is 7.68. The van der Waals surface area contributed by atoms with Gasteiger partial charge in [-0.25, -0.2) is 0 Å². The van der Waals surface area contributed by atoms with Gasteiger partial charge in [-0.1, -0.05) is 46.8 Å². The van der Waals surface area contributed by atoms with Gasteiger partial charge in [0, 0.05) is 5.69 Å². The Morgan fingerprint density at radius 3 is 2.09 bits per heavy atom. The van der Waals surface area contributed by atoms with E-state index in [-0.39, 0.29) is 23.7 Å². The molecule has 1 aromatic carbocycles. The third-order valence-electron chi connectivity index (χ3n) is 3.20. The van der Waals surface area contributed by atoms with Gasteiger partial charge in [0.1, 0.15) is 0 Å². The van der Waals surface area contributed by atoms with Crippen LogP contribution in [0.1, 0.15) is 59.4 Å². The molecule has 0 saturated heterocycles. The first-order valence-electron chi connectivity index (χ1n) is 7.69. The summed E-state index contributed by atoms with van der Waals surface area (Å²) in [5.41, 5.74) is 1.76. The van der Waals surface area contributed by atoms with Gasteiger partial charge < -0.3 is 10.1 Å². The van der Waals surface area contributed by atoms with E-state index in [2.05, 4.69) is 19.2 Å². The number of hydrogen-bond donors (Lipinski definition) is 1. The van der Waals surface area contributed by atoms with Gasteiger partial charge in [-0.3, -0.25) is 9.59 Å². The molecule has 0 radical (unpaired) electrons. The van der Waals surface area contributed by atoms with Crippen molar-refractivity contribution in [2.75, 3.05) is 5.32 Å². The van der Waals surface area contributed by atoms with E-state index in [0.29, 0.717) is 11.6 Å². The zero-order valence-corrected chi connectivity index (χ0v) is 14.4. The van der Waals surface area contributed by atoms with E-state index in [1.165, 1.54) is 5.56 Å². The number of ether oxygens (including phenoxy) is 1. The fourth-order valence-electron chi connectivity index (χ4n) is 1.92. The highest BCUT2D eigenvalue weighted by molar-refractivity contribution is 5.95. The van der Waals surface area contributed by atoms with Crippen LogP contribution in [0.3, 0.4) is 0 Å². The molecule has 1 N–H and O–H groups in total. The number of rotatable bonds is 5. The molecule has 0 unspecified atom stereocenters. The van der Waals surface area contributed by atoms with Gasteiger partial charge in [0.25, 0.3) is 5.91 Å². The first kappa shape index (κ1) is 18.2. The second-order valence-corrected chi connectivity index (χ2v) is 7.14. The van der Waals surface area contributed by atoms with E-state index >= 15 is 0 Å². The predicted octanol–water partition coefficient (Wildman–Crippen LogP) is 4.12. The molecule has 1 atom stereocenters. The molecule has 0 bridgehead atoms. The number of esters is 1. The lowest BCUT2D eigenvalue weighted by Gasteiger charge is -2.19. The molecule has 4 nitrogen and oxygen atoms in total. The molecule has 0 aliphatic rings. The van der Waals surface area contributed by atoms with E-state index in [4.69, 9.17) is 4.74 Å². The molecule has 0 fully saturated rings. The zero-order chi connectivity index (χ0) is 16.9. The Hall–Kier alpha value is -1.84. The van der Waals surface area contributed by atoms with Gasteiger partial charge in [-0.05, 0) is 36.0 Å². The minimum atomic E-state index is -0.806. The van der Waals surface area contributed by atoms with Crippen molar-refractivity contribution in [2.45, 2.75) is 60.0 Å². The molecular weight excluding hydrogens is 278 g/mol. The normalized spacial score (nSPS) is 12.9. The maximum Gasteiger partial charge on any atom is 0.307 e. The molecule has 0 aliphatic heterocycles. The Morgan fingerprint density at radius 2 is 1.64 bits per heavy atom. The summed E-state index contributed by atoms with van der Waals surface area (Å²) in [7, 11) is 0. The molecule has 22 heavy (non-hydrogen) atoms. The van der Waals surface area contributed by atoms with Crippen LogP contribution < -0.4 is 5.32 Å². The van der Waals surface area contributed by atoms with Gasteiger partial charge in [0.15, 0.2) is 6.10 Å². The van der Waals surface area contributed by atoms with Crippen LogP contribution in [0.5, 0.6) is 0 Å². The van der Waals surface area contributed by atoms with Crippen LogP contribution in [0.2, 0.25) is 0 Å². The van der Waals surface area contributed by atoms with Crippen molar-refractivity contribution >= 4 is 17.6 Å². The molecular formula is C18H27NO3. The highest BCUT2D eigenvalue weighted by atomic mass is 16.5. The van der Waals surface area contributed by atoms with Crippen LogP contribution in [0, 0.1) is 5.41 Å².